The fourth-order valence-corrected chi connectivity index (χ4v) is 1.68. The fourth-order valence-electron chi connectivity index (χ4n) is 1.68. The van der Waals surface area contributed by atoms with Gasteiger partial charge in [0.15, 0.2) is 0 Å². The van der Waals surface area contributed by atoms with Gasteiger partial charge in [-0.25, -0.2) is 0 Å². The second-order valence-corrected chi connectivity index (χ2v) is 4.90. The molecule has 1 heterocycles. The summed E-state index contributed by atoms with van der Waals surface area (Å²) < 4.78 is 0. The van der Waals surface area contributed by atoms with Crippen LogP contribution in [-0.2, 0) is 4.79 Å². The molecule has 1 saturated heterocycles. The van der Waals surface area contributed by atoms with Crippen LogP contribution in [0.5, 0.6) is 0 Å². The normalized spacial score (nSPS) is 20.7. The highest BCUT2D eigenvalue weighted by Crippen LogP contribution is 2.16. The zero-order valence-electron chi connectivity index (χ0n) is 9.58. The van der Waals surface area contributed by atoms with E-state index in [1.54, 1.807) is 4.90 Å². The van der Waals surface area contributed by atoms with Crippen molar-refractivity contribution < 1.29 is 4.79 Å². The Kier molecular flexibility index (Phi) is 3.17. The van der Waals surface area contributed by atoms with E-state index in [-0.39, 0.29) is 17.5 Å². The minimum atomic E-state index is -0.0866. The third kappa shape index (κ3) is 2.69. The highest BCUT2D eigenvalue weighted by molar-refractivity contribution is 5.78. The fraction of sp³-hybridized carbons (Fsp3) is 0.900. The topological polar surface area (TPSA) is 49.6 Å². The Balaban J connectivity index is 2.29. The number of hydrogen-bond donors (Lipinski definition) is 1. The van der Waals surface area contributed by atoms with Gasteiger partial charge in [0.1, 0.15) is 0 Å². The number of likely N-dealkylation sites (N-methyl/N-ethyl adjacent to an activating group) is 1. The smallest absolute Gasteiger partial charge is 0.236 e. The number of amides is 1. The first-order valence-electron chi connectivity index (χ1n) is 5.09. The maximum absolute atomic E-state index is 11.6. The van der Waals surface area contributed by atoms with Gasteiger partial charge in [-0.2, -0.15) is 0 Å². The minimum absolute atomic E-state index is 0.0866. The second-order valence-electron chi connectivity index (χ2n) is 4.90. The maximum atomic E-state index is 11.6. The molecule has 1 aliphatic rings. The van der Waals surface area contributed by atoms with Crippen LogP contribution in [0.4, 0.5) is 0 Å². The van der Waals surface area contributed by atoms with Gasteiger partial charge in [-0.3, -0.25) is 9.69 Å². The molecule has 0 saturated carbocycles. The van der Waals surface area contributed by atoms with Crippen molar-refractivity contribution in [2.75, 3.05) is 26.7 Å². The number of nitrogens with two attached hydrogens (primary N) is 1. The largest absolute Gasteiger partial charge is 0.342 e. The van der Waals surface area contributed by atoms with E-state index in [0.29, 0.717) is 6.54 Å². The molecule has 0 aliphatic carbocycles. The molecular weight excluding hydrogens is 178 g/mol. The molecule has 1 rings (SSSR count). The highest BCUT2D eigenvalue weighted by atomic mass is 16.2. The van der Waals surface area contributed by atoms with Crippen molar-refractivity contribution in [3.05, 3.63) is 0 Å². The molecule has 1 fully saturated rings. The van der Waals surface area contributed by atoms with E-state index in [9.17, 15) is 4.79 Å². The summed E-state index contributed by atoms with van der Waals surface area (Å²) in [5.41, 5.74) is 5.77. The number of carbonyl (C=O) groups excluding carboxylic acids is 1. The molecule has 0 atom stereocenters. The molecule has 0 spiro atoms. The molecule has 0 unspecified atom stereocenters. The number of likely N-dealkylation sites (tertiary alicyclic amines) is 1. The summed E-state index contributed by atoms with van der Waals surface area (Å²) in [4.78, 5) is 15.5. The molecule has 1 amide bonds. The van der Waals surface area contributed by atoms with Crippen molar-refractivity contribution in [2.45, 2.75) is 32.4 Å². The minimum Gasteiger partial charge on any atom is -0.342 e. The predicted molar refractivity (Wildman–Crippen MR) is 56.9 cm³/mol. The molecule has 1 aliphatic heterocycles. The molecular formula is C10H21N3O. The van der Waals surface area contributed by atoms with Gasteiger partial charge in [0.05, 0.1) is 6.54 Å². The second kappa shape index (κ2) is 3.87. The van der Waals surface area contributed by atoms with Crippen molar-refractivity contribution in [3.8, 4) is 0 Å². The lowest BCUT2D eigenvalue weighted by Crippen LogP contribution is -2.66. The Morgan fingerprint density at radius 2 is 2.07 bits per heavy atom. The summed E-state index contributed by atoms with van der Waals surface area (Å²) >= 11 is 0. The molecule has 0 bridgehead atoms. The Morgan fingerprint density at radius 1 is 1.57 bits per heavy atom. The molecule has 0 aromatic carbocycles. The van der Waals surface area contributed by atoms with Crippen LogP contribution >= 0.6 is 0 Å². The maximum Gasteiger partial charge on any atom is 0.236 e. The molecule has 14 heavy (non-hydrogen) atoms. The lowest BCUT2D eigenvalue weighted by atomic mass is 9.94. The zero-order valence-corrected chi connectivity index (χ0v) is 9.58. The van der Waals surface area contributed by atoms with Crippen LogP contribution in [-0.4, -0.2) is 54.0 Å². The Hall–Kier alpha value is -0.610. The van der Waals surface area contributed by atoms with Crippen molar-refractivity contribution >= 4 is 5.91 Å². The average molecular weight is 199 g/mol. The third-order valence-electron chi connectivity index (χ3n) is 2.70. The van der Waals surface area contributed by atoms with Gasteiger partial charge < -0.3 is 10.6 Å². The zero-order chi connectivity index (χ0) is 10.9. The van der Waals surface area contributed by atoms with Crippen LogP contribution in [0.1, 0.15) is 20.8 Å². The van der Waals surface area contributed by atoms with E-state index < -0.39 is 0 Å². The number of nitrogens with zero attached hydrogens (tertiary/aromatic N) is 2. The van der Waals surface area contributed by atoms with Gasteiger partial charge in [0.25, 0.3) is 0 Å². The van der Waals surface area contributed by atoms with Gasteiger partial charge >= 0.3 is 0 Å². The van der Waals surface area contributed by atoms with Gasteiger partial charge in [0.2, 0.25) is 5.91 Å². The number of hydrogen-bond acceptors (Lipinski definition) is 3. The van der Waals surface area contributed by atoms with Gasteiger partial charge in [-0.1, -0.05) is 0 Å². The summed E-state index contributed by atoms with van der Waals surface area (Å²) in [5.74, 6) is 0.176. The average Bonchev–Trinajstić information content (AvgIpc) is 1.99. The quantitative estimate of drug-likeness (QED) is 0.690. The summed E-state index contributed by atoms with van der Waals surface area (Å²) in [5, 5.41) is 0. The van der Waals surface area contributed by atoms with Crippen molar-refractivity contribution in [2.24, 2.45) is 5.73 Å². The Labute approximate surface area is 86.0 Å². The van der Waals surface area contributed by atoms with E-state index >= 15 is 0 Å². The van der Waals surface area contributed by atoms with Crippen molar-refractivity contribution in [1.29, 1.82) is 0 Å². The van der Waals surface area contributed by atoms with Gasteiger partial charge in [0, 0.05) is 31.7 Å². The summed E-state index contributed by atoms with van der Waals surface area (Å²) in [7, 11) is 1.84. The van der Waals surface area contributed by atoms with Crippen LogP contribution in [0, 0.1) is 0 Å². The van der Waals surface area contributed by atoms with E-state index in [1.807, 2.05) is 27.8 Å². The van der Waals surface area contributed by atoms with E-state index in [1.165, 1.54) is 0 Å². The SMILES string of the molecule is CC(C)N(C)C(=O)CN1CC(C)(N)C1. The first-order valence-corrected chi connectivity index (χ1v) is 5.09. The predicted octanol–water partition coefficient (Wildman–Crippen LogP) is -0.114. The first kappa shape index (κ1) is 11.5. The van der Waals surface area contributed by atoms with Crippen LogP contribution in [0.3, 0.4) is 0 Å². The van der Waals surface area contributed by atoms with Gasteiger partial charge in [-0.15, -0.1) is 0 Å². The Morgan fingerprint density at radius 3 is 2.43 bits per heavy atom. The molecule has 4 heteroatoms. The molecule has 0 aromatic heterocycles. The highest BCUT2D eigenvalue weighted by Gasteiger charge is 2.35. The van der Waals surface area contributed by atoms with Crippen LogP contribution in [0.2, 0.25) is 0 Å². The number of carbonyl (C=O) groups is 1. The Bertz CT molecular complexity index is 217. The number of rotatable bonds is 3. The summed E-state index contributed by atoms with van der Waals surface area (Å²) in [6.07, 6.45) is 0. The van der Waals surface area contributed by atoms with Crippen molar-refractivity contribution in [3.63, 3.8) is 0 Å². The van der Waals surface area contributed by atoms with Crippen LogP contribution in [0.15, 0.2) is 0 Å². The first-order chi connectivity index (χ1) is 6.32. The van der Waals surface area contributed by atoms with Crippen molar-refractivity contribution in [1.82, 2.24) is 9.80 Å². The lowest BCUT2D eigenvalue weighted by molar-refractivity contribution is -0.134. The lowest BCUT2D eigenvalue weighted by Gasteiger charge is -2.45. The standard InChI is InChI=1S/C10H21N3O/c1-8(2)12(4)9(14)5-13-6-10(3,11)7-13/h8H,5-7,11H2,1-4H3. The third-order valence-corrected chi connectivity index (χ3v) is 2.70. The van der Waals surface area contributed by atoms with Crippen LogP contribution < -0.4 is 5.73 Å². The monoisotopic (exact) mass is 199 g/mol. The van der Waals surface area contributed by atoms with Gasteiger partial charge in [-0.05, 0) is 20.8 Å². The summed E-state index contributed by atoms with van der Waals surface area (Å²) in [6, 6.07) is 0.271. The summed E-state index contributed by atoms with van der Waals surface area (Å²) in [6.45, 7) is 8.19. The van der Waals surface area contributed by atoms with Crippen LogP contribution in [0.25, 0.3) is 0 Å². The molecule has 2 N–H and O–H groups in total. The molecule has 4 nitrogen and oxygen atoms in total. The molecule has 0 aromatic rings. The van der Waals surface area contributed by atoms with E-state index in [0.717, 1.165) is 13.1 Å². The molecule has 82 valence electrons. The molecule has 0 radical (unpaired) electrons. The van der Waals surface area contributed by atoms with E-state index in [4.69, 9.17) is 5.73 Å². The van der Waals surface area contributed by atoms with E-state index in [2.05, 4.69) is 4.90 Å².